The molecule has 8 rings (SSSR count). The van der Waals surface area contributed by atoms with Crippen LogP contribution in [-0.2, 0) is 0 Å². The first kappa shape index (κ1) is 30.0. The highest BCUT2D eigenvalue weighted by Gasteiger charge is 2.49. The number of pyridine rings is 1. The fourth-order valence-electron chi connectivity index (χ4n) is 8.56. The number of rotatable bonds is 6. The monoisotopic (exact) mass is 643 g/mol. The van der Waals surface area contributed by atoms with E-state index in [1.165, 1.54) is 6.07 Å². The van der Waals surface area contributed by atoms with E-state index in [1.807, 2.05) is 24.3 Å². The lowest BCUT2D eigenvalue weighted by Crippen LogP contribution is -2.54. The van der Waals surface area contributed by atoms with Crippen LogP contribution in [0, 0.1) is 17.7 Å². The zero-order chi connectivity index (χ0) is 32.4. The maximum absolute atomic E-state index is 16.8. The van der Waals surface area contributed by atoms with Crippen molar-refractivity contribution in [1.82, 2.24) is 30.1 Å². The number of halogens is 2. The van der Waals surface area contributed by atoms with Gasteiger partial charge in [0, 0.05) is 58.0 Å². The number of carbonyl (C=O) groups is 1. The maximum atomic E-state index is 16.8. The molecule has 1 aliphatic carbocycles. The van der Waals surface area contributed by atoms with E-state index in [9.17, 15) is 14.3 Å². The summed E-state index contributed by atoms with van der Waals surface area (Å²) >= 11 is 0. The lowest BCUT2D eigenvalue weighted by Gasteiger charge is -2.39. The van der Waals surface area contributed by atoms with Gasteiger partial charge in [-0.05, 0) is 67.0 Å². The van der Waals surface area contributed by atoms with Gasteiger partial charge >= 0.3 is 12.0 Å². The average Bonchev–Trinajstić information content (AvgIpc) is 3.65. The quantitative estimate of drug-likeness (QED) is 0.298. The van der Waals surface area contributed by atoms with Crippen molar-refractivity contribution in [1.29, 1.82) is 0 Å². The fraction of sp³-hybridized carbons (Fsp3) is 0.486. The summed E-state index contributed by atoms with van der Waals surface area (Å²) < 4.78 is 37.6. The molecule has 10 nitrogen and oxygen atoms in total. The Labute approximate surface area is 271 Å². The first-order chi connectivity index (χ1) is 22.7. The van der Waals surface area contributed by atoms with Gasteiger partial charge in [-0.3, -0.25) is 9.88 Å². The number of nitrogens with zero attached hydrogens (tertiary/aromatic N) is 6. The Morgan fingerprint density at radius 1 is 1.13 bits per heavy atom. The van der Waals surface area contributed by atoms with E-state index in [1.54, 1.807) is 31.3 Å². The minimum absolute atomic E-state index is 0.00945. The maximum Gasteiger partial charge on any atom is 0.319 e. The van der Waals surface area contributed by atoms with Crippen molar-refractivity contribution in [3.8, 4) is 23.0 Å². The van der Waals surface area contributed by atoms with Crippen LogP contribution in [0.3, 0.4) is 0 Å². The normalized spacial score (nSPS) is 27.0. The summed E-state index contributed by atoms with van der Waals surface area (Å²) in [5.74, 6) is 0.319. The Morgan fingerprint density at radius 3 is 2.70 bits per heavy atom. The standard InChI is InChI=1S/C35H39F2N7O3/c1-42(2)34(46)40-29-21-8-9-22(29)17-43(16-21)32-27-15-38-30(26-13-24(45)12-20-6-3-4-7-25(20)26)28(37)31(27)39-33(41-32)47-19-35-10-5-11-44(35)18-23(36)14-35/h3-4,6-7,12-13,15,21-23,29,45H,5,8-11,14,16-19H2,1-2H3,(H,40,46)/t21?,22?,23-,29?,35+/m1/s1. The molecule has 4 aliphatic rings. The number of anilines is 1. The first-order valence-electron chi connectivity index (χ1n) is 16.5. The van der Waals surface area contributed by atoms with Crippen LogP contribution in [0.4, 0.5) is 19.4 Å². The van der Waals surface area contributed by atoms with Gasteiger partial charge in [0.25, 0.3) is 0 Å². The van der Waals surface area contributed by atoms with E-state index < -0.39 is 17.5 Å². The predicted octanol–water partition coefficient (Wildman–Crippen LogP) is 5.13. The van der Waals surface area contributed by atoms with Crippen LogP contribution in [0.15, 0.2) is 42.6 Å². The highest BCUT2D eigenvalue weighted by Crippen LogP contribution is 2.43. The van der Waals surface area contributed by atoms with E-state index >= 15 is 4.39 Å². The second-order valence-corrected chi connectivity index (χ2v) is 14.0. The van der Waals surface area contributed by atoms with Gasteiger partial charge in [0.1, 0.15) is 35.6 Å². The van der Waals surface area contributed by atoms with Crippen LogP contribution in [0.1, 0.15) is 32.1 Å². The summed E-state index contributed by atoms with van der Waals surface area (Å²) in [6.07, 6.45) is 4.84. The molecule has 0 radical (unpaired) electrons. The zero-order valence-corrected chi connectivity index (χ0v) is 26.6. The number of phenols is 1. The molecule has 5 heterocycles. The van der Waals surface area contributed by atoms with Crippen LogP contribution < -0.4 is 15.0 Å². The largest absolute Gasteiger partial charge is 0.508 e. The molecule has 246 valence electrons. The molecule has 4 atom stereocenters. The number of alkyl halides is 1. The van der Waals surface area contributed by atoms with Crippen LogP contribution in [0.5, 0.6) is 11.8 Å². The number of aromatic nitrogens is 3. The second-order valence-electron chi connectivity index (χ2n) is 14.0. The number of hydrogen-bond acceptors (Lipinski definition) is 8. The number of nitrogens with one attached hydrogen (secondary N) is 1. The molecular formula is C35H39F2N7O3. The molecule has 2 N–H and O–H groups in total. The fourth-order valence-corrected chi connectivity index (χ4v) is 8.56. The average molecular weight is 644 g/mol. The van der Waals surface area contributed by atoms with E-state index in [-0.39, 0.29) is 53.5 Å². The van der Waals surface area contributed by atoms with Crippen molar-refractivity contribution >= 4 is 33.5 Å². The van der Waals surface area contributed by atoms with Crippen LogP contribution in [0.25, 0.3) is 32.9 Å². The molecule has 4 fully saturated rings. The van der Waals surface area contributed by atoms with Crippen molar-refractivity contribution in [2.24, 2.45) is 11.8 Å². The molecular weight excluding hydrogens is 604 g/mol. The Hall–Kier alpha value is -4.32. The van der Waals surface area contributed by atoms with Gasteiger partial charge < -0.3 is 25.0 Å². The molecule has 2 aromatic heterocycles. The number of carbonyl (C=O) groups excluding carboxylic acids is 1. The first-order valence-corrected chi connectivity index (χ1v) is 16.5. The second kappa shape index (κ2) is 11.4. The molecule has 2 amide bonds. The molecule has 1 saturated carbocycles. The summed E-state index contributed by atoms with van der Waals surface area (Å²) in [5.41, 5.74) is 0.191. The highest BCUT2D eigenvalue weighted by molar-refractivity contribution is 6.00. The van der Waals surface area contributed by atoms with Gasteiger partial charge in [-0.25, -0.2) is 13.6 Å². The molecule has 3 saturated heterocycles. The number of fused-ring (bicyclic) bond motifs is 5. The summed E-state index contributed by atoms with van der Waals surface area (Å²) in [5, 5.41) is 15.7. The molecule has 3 aliphatic heterocycles. The Kier molecular flexibility index (Phi) is 7.31. The van der Waals surface area contributed by atoms with Gasteiger partial charge in [-0.15, -0.1) is 0 Å². The molecule has 2 bridgehead atoms. The SMILES string of the molecule is CN(C)C(=O)NC1C2CCC1CN(c1nc(OC[C@@]34CCCN3C[C@H](F)C4)nc3c(F)c(-c4cc(O)cc5ccccc45)ncc13)C2. The van der Waals surface area contributed by atoms with Crippen LogP contribution in [-0.4, -0.2) is 101 Å². The smallest absolute Gasteiger partial charge is 0.319 e. The van der Waals surface area contributed by atoms with Gasteiger partial charge in [0.2, 0.25) is 0 Å². The molecule has 12 heteroatoms. The number of benzene rings is 2. The molecule has 2 unspecified atom stereocenters. The van der Waals surface area contributed by atoms with E-state index in [4.69, 9.17) is 9.72 Å². The van der Waals surface area contributed by atoms with Gasteiger partial charge in [-0.1, -0.05) is 24.3 Å². The summed E-state index contributed by atoms with van der Waals surface area (Å²) in [7, 11) is 3.47. The molecule has 2 aromatic carbocycles. The van der Waals surface area contributed by atoms with Gasteiger partial charge in [0.05, 0.1) is 10.9 Å². The number of ether oxygens (including phenoxy) is 1. The van der Waals surface area contributed by atoms with Crippen LogP contribution >= 0.6 is 0 Å². The molecule has 0 spiro atoms. The Bertz CT molecular complexity index is 1860. The Morgan fingerprint density at radius 2 is 1.91 bits per heavy atom. The van der Waals surface area contributed by atoms with Crippen molar-refractivity contribution in [3.63, 3.8) is 0 Å². The Balaban J connectivity index is 1.20. The minimum Gasteiger partial charge on any atom is -0.508 e. The van der Waals surface area contributed by atoms with E-state index in [0.29, 0.717) is 42.8 Å². The van der Waals surface area contributed by atoms with Crippen LogP contribution in [0.2, 0.25) is 0 Å². The number of phenolic OH excluding ortho intramolecular Hbond substituents is 1. The summed E-state index contributed by atoms with van der Waals surface area (Å²) in [6, 6.07) is 10.6. The molecule has 47 heavy (non-hydrogen) atoms. The lowest BCUT2D eigenvalue weighted by molar-refractivity contribution is 0.107. The number of urea groups is 1. The van der Waals surface area contributed by atoms with Gasteiger partial charge in [0.15, 0.2) is 5.82 Å². The third-order valence-electron chi connectivity index (χ3n) is 10.8. The van der Waals surface area contributed by atoms with Crippen molar-refractivity contribution in [3.05, 3.63) is 48.4 Å². The van der Waals surface area contributed by atoms with Crippen molar-refractivity contribution in [2.75, 3.05) is 51.8 Å². The number of piperidine rings is 1. The highest BCUT2D eigenvalue weighted by atomic mass is 19.1. The van der Waals surface area contributed by atoms with E-state index in [2.05, 4.69) is 25.1 Å². The van der Waals surface area contributed by atoms with Crippen molar-refractivity contribution in [2.45, 2.75) is 49.9 Å². The number of aromatic hydroxyl groups is 1. The minimum atomic E-state index is -0.903. The lowest BCUT2D eigenvalue weighted by atomic mass is 9.92. The topological polar surface area (TPSA) is 107 Å². The van der Waals surface area contributed by atoms with Crippen molar-refractivity contribution < 1.29 is 23.4 Å². The predicted molar refractivity (Wildman–Crippen MR) is 175 cm³/mol. The molecule has 4 aromatic rings. The number of amides is 2. The van der Waals surface area contributed by atoms with Gasteiger partial charge in [-0.2, -0.15) is 9.97 Å². The third kappa shape index (κ3) is 5.17. The summed E-state index contributed by atoms with van der Waals surface area (Å²) in [6.45, 7) is 2.71. The number of hydrogen-bond donors (Lipinski definition) is 2. The van der Waals surface area contributed by atoms with E-state index in [0.717, 1.165) is 43.0 Å². The third-order valence-corrected chi connectivity index (χ3v) is 10.8. The zero-order valence-electron chi connectivity index (χ0n) is 26.6. The summed E-state index contributed by atoms with van der Waals surface area (Å²) in [4.78, 5) is 32.5.